The second kappa shape index (κ2) is 9.74. The van der Waals surface area contributed by atoms with Crippen molar-refractivity contribution >= 4 is 38.6 Å². The molecule has 0 saturated heterocycles. The highest BCUT2D eigenvalue weighted by molar-refractivity contribution is 6.11. The Hall–Kier alpha value is -5.14. The van der Waals surface area contributed by atoms with Crippen molar-refractivity contribution in [1.29, 1.82) is 0 Å². The van der Waals surface area contributed by atoms with Crippen LogP contribution >= 0.6 is 0 Å². The summed E-state index contributed by atoms with van der Waals surface area (Å²) in [7, 11) is 0. The molecule has 0 atom stereocenters. The Morgan fingerprint density at radius 2 is 0.704 bits per heavy atom. The minimum Gasteiger partial charge on any atom is -0.310 e. The van der Waals surface area contributed by atoms with E-state index in [1.54, 1.807) is 0 Å². The van der Waals surface area contributed by atoms with Crippen molar-refractivity contribution in [3.63, 3.8) is 0 Å². The second-order valence-corrected chi connectivity index (χ2v) is 19.2. The summed E-state index contributed by atoms with van der Waals surface area (Å²) in [6.07, 6.45) is 0. The first-order valence-corrected chi connectivity index (χ1v) is 19.9. The highest BCUT2D eigenvalue weighted by atomic mass is 15.1. The largest absolute Gasteiger partial charge is 0.310 e. The highest BCUT2D eigenvalue weighted by Gasteiger charge is 2.48. The molecular weight excluding hydrogens is 651 g/mol. The summed E-state index contributed by atoms with van der Waals surface area (Å²) >= 11 is 0. The van der Waals surface area contributed by atoms with Crippen molar-refractivity contribution in [3.05, 3.63) is 158 Å². The first-order chi connectivity index (χ1) is 25.5. The smallest absolute Gasteiger partial charge is 0.0468 e. The lowest BCUT2D eigenvalue weighted by Gasteiger charge is -2.38. The molecule has 0 radical (unpaired) electrons. The van der Waals surface area contributed by atoms with Crippen molar-refractivity contribution in [3.8, 4) is 22.3 Å². The van der Waals surface area contributed by atoms with Crippen LogP contribution in [0, 0.1) is 20.8 Å². The number of nitrogens with zero attached hydrogens (tertiary/aromatic N) is 1. The van der Waals surface area contributed by atoms with E-state index in [4.69, 9.17) is 0 Å². The summed E-state index contributed by atoms with van der Waals surface area (Å²) in [4.78, 5) is 2.58. The Kier molecular flexibility index (Phi) is 5.83. The van der Waals surface area contributed by atoms with E-state index < -0.39 is 0 Å². The quantitative estimate of drug-likeness (QED) is 0.177. The first kappa shape index (κ1) is 32.3. The van der Waals surface area contributed by atoms with Crippen molar-refractivity contribution < 1.29 is 0 Å². The van der Waals surface area contributed by atoms with E-state index in [9.17, 15) is 0 Å². The Morgan fingerprint density at radius 1 is 0.352 bits per heavy atom. The second-order valence-electron chi connectivity index (χ2n) is 19.2. The summed E-state index contributed by atoms with van der Waals surface area (Å²) in [5, 5.41) is 5.72. The van der Waals surface area contributed by atoms with Gasteiger partial charge in [-0.3, -0.25) is 0 Å². The van der Waals surface area contributed by atoms with Crippen LogP contribution in [0.1, 0.15) is 117 Å². The Labute approximate surface area is 320 Å². The van der Waals surface area contributed by atoms with Gasteiger partial charge in [0.05, 0.1) is 0 Å². The molecule has 0 amide bonds. The molecule has 0 spiro atoms. The van der Waals surface area contributed by atoms with Gasteiger partial charge in [0.15, 0.2) is 0 Å². The van der Waals surface area contributed by atoms with E-state index >= 15 is 0 Å². The number of hydrogen-bond acceptors (Lipinski definition) is 1. The van der Waals surface area contributed by atoms with Gasteiger partial charge in [0.1, 0.15) is 0 Å². The van der Waals surface area contributed by atoms with Crippen molar-refractivity contribution in [1.82, 2.24) is 0 Å². The van der Waals surface area contributed by atoms with Crippen LogP contribution in [-0.4, -0.2) is 0 Å². The zero-order valence-corrected chi connectivity index (χ0v) is 33.7. The normalized spacial score (nSPS) is 17.8. The monoisotopic (exact) mass is 699 g/mol. The molecule has 4 aliphatic carbocycles. The first-order valence-electron chi connectivity index (χ1n) is 19.9. The Balaban J connectivity index is 1.23. The molecule has 0 fully saturated rings. The maximum absolute atomic E-state index is 2.58. The average molecular weight is 700 g/mol. The fraction of sp³-hybridized carbons (Fsp3) is 0.283. The summed E-state index contributed by atoms with van der Waals surface area (Å²) in [6.45, 7) is 26.4. The predicted octanol–water partition coefficient (Wildman–Crippen LogP) is 14.3. The molecule has 0 saturated carbocycles. The average Bonchev–Trinajstić information content (AvgIpc) is 3.50. The fourth-order valence-corrected chi connectivity index (χ4v) is 11.6. The van der Waals surface area contributed by atoms with Gasteiger partial charge >= 0.3 is 0 Å². The van der Waals surface area contributed by atoms with Gasteiger partial charge in [-0.05, 0) is 157 Å². The third-order valence-electron chi connectivity index (χ3n) is 14.7. The summed E-state index contributed by atoms with van der Waals surface area (Å²) in [5.41, 5.74) is 24.5. The van der Waals surface area contributed by atoms with Gasteiger partial charge in [0.2, 0.25) is 0 Å². The summed E-state index contributed by atoms with van der Waals surface area (Å²) in [5.74, 6) is 0. The van der Waals surface area contributed by atoms with Crippen LogP contribution in [0.3, 0.4) is 0 Å². The topological polar surface area (TPSA) is 3.24 Å². The van der Waals surface area contributed by atoms with E-state index in [0.29, 0.717) is 0 Å². The molecule has 266 valence electrons. The SMILES string of the molecule is Cc1ccc(N(c2cc3c4c(c2)C(C)(C)c2cccc5c(C)cc(c-4c25)C3(C)C)c2cc3c4c(c2)C(C)(C)c2cccc5c(C)cc(c-4c25)C3(C)C)cc1. The van der Waals surface area contributed by atoms with Crippen LogP contribution in [0.2, 0.25) is 0 Å². The van der Waals surface area contributed by atoms with Gasteiger partial charge in [0.25, 0.3) is 0 Å². The van der Waals surface area contributed by atoms with Gasteiger partial charge < -0.3 is 4.90 Å². The van der Waals surface area contributed by atoms with E-state index in [0.717, 1.165) is 0 Å². The lowest BCUT2D eigenvalue weighted by Crippen LogP contribution is -2.26. The Morgan fingerprint density at radius 3 is 1.09 bits per heavy atom. The minimum atomic E-state index is -0.167. The van der Waals surface area contributed by atoms with E-state index in [2.05, 4.69) is 178 Å². The van der Waals surface area contributed by atoms with Crippen LogP contribution in [0.25, 0.3) is 43.8 Å². The van der Waals surface area contributed by atoms with Crippen molar-refractivity contribution in [2.24, 2.45) is 0 Å². The van der Waals surface area contributed by atoms with E-state index in [1.165, 1.54) is 122 Å². The molecule has 54 heavy (non-hydrogen) atoms. The molecule has 7 aromatic rings. The molecule has 0 N–H and O–H groups in total. The molecule has 0 unspecified atom stereocenters. The zero-order valence-electron chi connectivity index (χ0n) is 33.7. The maximum atomic E-state index is 2.58. The molecule has 11 rings (SSSR count). The molecule has 0 aliphatic heterocycles. The molecule has 1 heteroatoms. The molecule has 0 heterocycles. The number of benzene rings is 7. The lowest BCUT2D eigenvalue weighted by atomic mass is 9.68. The molecule has 1 nitrogen and oxygen atoms in total. The van der Waals surface area contributed by atoms with Crippen LogP contribution < -0.4 is 4.90 Å². The van der Waals surface area contributed by atoms with Crippen molar-refractivity contribution in [2.45, 2.75) is 97.8 Å². The summed E-state index contributed by atoms with van der Waals surface area (Å²) < 4.78 is 0. The van der Waals surface area contributed by atoms with Crippen LogP contribution in [0.5, 0.6) is 0 Å². The standard InChI is InChI=1S/C53H49N/c1-28-18-20-31(21-19-28)54(32-24-40-46-42(26-32)52(8,9)38-22-29(2)34-14-12-16-36(50(40,4)5)44(34)48(38)46)33-25-41-47-43(27-33)53(10,11)39-23-30(3)35-15-13-17-37(51(41,6)7)45(35)49(39)47/h12-27H,1-11H3. The lowest BCUT2D eigenvalue weighted by molar-refractivity contribution is 0.638. The maximum Gasteiger partial charge on any atom is 0.0468 e. The third kappa shape index (κ3) is 3.63. The van der Waals surface area contributed by atoms with Crippen molar-refractivity contribution in [2.75, 3.05) is 4.90 Å². The molecular formula is C53H49N. The number of anilines is 3. The third-order valence-corrected chi connectivity index (χ3v) is 14.7. The predicted molar refractivity (Wildman–Crippen MR) is 230 cm³/mol. The molecule has 0 bridgehead atoms. The van der Waals surface area contributed by atoms with Crippen LogP contribution in [0.4, 0.5) is 17.1 Å². The Bertz CT molecular complexity index is 2710. The van der Waals surface area contributed by atoms with Gasteiger partial charge in [-0.15, -0.1) is 0 Å². The molecule has 0 aromatic heterocycles. The van der Waals surface area contributed by atoms with Crippen LogP contribution in [0.15, 0.2) is 97.1 Å². The molecule has 4 aliphatic rings. The van der Waals surface area contributed by atoms with Gasteiger partial charge in [-0.1, -0.05) is 122 Å². The summed E-state index contributed by atoms with van der Waals surface area (Å²) in [6, 6.07) is 38.4. The number of hydrogen-bond donors (Lipinski definition) is 0. The van der Waals surface area contributed by atoms with E-state index in [1.807, 2.05) is 0 Å². The van der Waals surface area contributed by atoms with Gasteiger partial charge in [-0.25, -0.2) is 0 Å². The number of rotatable bonds is 3. The van der Waals surface area contributed by atoms with Gasteiger partial charge in [-0.2, -0.15) is 0 Å². The van der Waals surface area contributed by atoms with E-state index in [-0.39, 0.29) is 21.7 Å². The van der Waals surface area contributed by atoms with Crippen LogP contribution in [-0.2, 0) is 21.7 Å². The molecule has 7 aromatic carbocycles. The minimum absolute atomic E-state index is 0.136. The van der Waals surface area contributed by atoms with Gasteiger partial charge in [0, 0.05) is 38.7 Å². The number of aryl methyl sites for hydroxylation is 3. The highest BCUT2D eigenvalue weighted by Crippen LogP contribution is 2.63. The zero-order chi connectivity index (χ0) is 37.6. The fourth-order valence-electron chi connectivity index (χ4n) is 11.6.